The maximum atomic E-state index is 12.7. The second kappa shape index (κ2) is 9.77. The molecular formula is C20H20F3NO4. The molecule has 0 heterocycles. The SMILES string of the molecule is O=C(O)CCc1ccc(OCC(=O)NCCc2cccc(C(F)(F)F)c2)cc1. The van der Waals surface area contributed by atoms with Crippen LogP contribution in [0, 0.1) is 0 Å². The largest absolute Gasteiger partial charge is 0.484 e. The van der Waals surface area contributed by atoms with Crippen molar-refractivity contribution in [3.63, 3.8) is 0 Å². The first kappa shape index (κ1) is 21.3. The van der Waals surface area contributed by atoms with Gasteiger partial charge in [0.25, 0.3) is 5.91 Å². The highest BCUT2D eigenvalue weighted by Gasteiger charge is 2.30. The Kier molecular flexibility index (Phi) is 7.43. The van der Waals surface area contributed by atoms with E-state index in [4.69, 9.17) is 9.84 Å². The number of nitrogens with one attached hydrogen (secondary N) is 1. The number of aliphatic carboxylic acids is 1. The Hall–Kier alpha value is -3.03. The number of carboxylic acids is 1. The highest BCUT2D eigenvalue weighted by molar-refractivity contribution is 5.77. The number of carboxylic acid groups (broad SMARTS) is 1. The summed E-state index contributed by atoms with van der Waals surface area (Å²) in [7, 11) is 0. The Balaban J connectivity index is 1.72. The average Bonchev–Trinajstić information content (AvgIpc) is 2.65. The van der Waals surface area contributed by atoms with Crippen LogP contribution in [0.5, 0.6) is 5.75 Å². The van der Waals surface area contributed by atoms with E-state index in [1.165, 1.54) is 6.07 Å². The summed E-state index contributed by atoms with van der Waals surface area (Å²) in [5.41, 5.74) is 0.611. The molecule has 0 radical (unpaired) electrons. The van der Waals surface area contributed by atoms with Gasteiger partial charge >= 0.3 is 12.1 Å². The Morgan fingerprint density at radius 3 is 2.36 bits per heavy atom. The van der Waals surface area contributed by atoms with Crippen molar-refractivity contribution in [2.45, 2.75) is 25.4 Å². The van der Waals surface area contributed by atoms with E-state index < -0.39 is 17.7 Å². The second-order valence-corrected chi connectivity index (χ2v) is 6.12. The number of amides is 1. The van der Waals surface area contributed by atoms with E-state index in [0.717, 1.165) is 17.7 Å². The summed E-state index contributed by atoms with van der Waals surface area (Å²) < 4.78 is 43.4. The molecular weight excluding hydrogens is 375 g/mol. The van der Waals surface area contributed by atoms with Crippen LogP contribution < -0.4 is 10.1 Å². The number of hydrogen-bond donors (Lipinski definition) is 2. The lowest BCUT2D eigenvalue weighted by Gasteiger charge is -2.10. The summed E-state index contributed by atoms with van der Waals surface area (Å²) in [6, 6.07) is 11.7. The minimum Gasteiger partial charge on any atom is -0.484 e. The van der Waals surface area contributed by atoms with Gasteiger partial charge in [0, 0.05) is 13.0 Å². The van der Waals surface area contributed by atoms with Crippen LogP contribution in [0.25, 0.3) is 0 Å². The molecule has 5 nitrogen and oxygen atoms in total. The van der Waals surface area contributed by atoms with E-state index in [0.29, 0.717) is 17.7 Å². The van der Waals surface area contributed by atoms with Crippen LogP contribution in [0.2, 0.25) is 0 Å². The van der Waals surface area contributed by atoms with Crippen molar-refractivity contribution in [1.29, 1.82) is 0 Å². The van der Waals surface area contributed by atoms with E-state index in [2.05, 4.69) is 5.32 Å². The molecule has 0 aromatic heterocycles. The van der Waals surface area contributed by atoms with Gasteiger partial charge in [-0.25, -0.2) is 0 Å². The molecule has 0 unspecified atom stereocenters. The number of ether oxygens (including phenoxy) is 1. The van der Waals surface area contributed by atoms with Gasteiger partial charge < -0.3 is 15.2 Å². The Morgan fingerprint density at radius 1 is 1.00 bits per heavy atom. The molecule has 28 heavy (non-hydrogen) atoms. The van der Waals surface area contributed by atoms with Crippen LogP contribution >= 0.6 is 0 Å². The third-order valence-corrected chi connectivity index (χ3v) is 3.91. The van der Waals surface area contributed by atoms with Gasteiger partial charge in [0.05, 0.1) is 5.56 Å². The molecule has 0 saturated carbocycles. The summed E-state index contributed by atoms with van der Waals surface area (Å²) in [4.78, 5) is 22.3. The number of halogens is 3. The van der Waals surface area contributed by atoms with Crippen LogP contribution in [-0.2, 0) is 28.6 Å². The molecule has 0 aliphatic heterocycles. The predicted molar refractivity (Wildman–Crippen MR) is 96.1 cm³/mol. The zero-order valence-corrected chi connectivity index (χ0v) is 15.0. The smallest absolute Gasteiger partial charge is 0.416 e. The lowest BCUT2D eigenvalue weighted by molar-refractivity contribution is -0.138. The molecule has 0 saturated heterocycles. The van der Waals surface area contributed by atoms with Crippen LogP contribution in [0.15, 0.2) is 48.5 Å². The number of hydrogen-bond acceptors (Lipinski definition) is 3. The van der Waals surface area contributed by atoms with Crippen molar-refractivity contribution >= 4 is 11.9 Å². The van der Waals surface area contributed by atoms with E-state index in [9.17, 15) is 22.8 Å². The number of aryl methyl sites for hydroxylation is 1. The van der Waals surface area contributed by atoms with Gasteiger partial charge in [-0.2, -0.15) is 13.2 Å². The first-order chi connectivity index (χ1) is 13.2. The van der Waals surface area contributed by atoms with Gasteiger partial charge in [0.1, 0.15) is 5.75 Å². The first-order valence-electron chi connectivity index (χ1n) is 8.60. The quantitative estimate of drug-likeness (QED) is 0.682. The molecule has 0 aliphatic rings. The van der Waals surface area contributed by atoms with Crippen molar-refractivity contribution in [3.05, 3.63) is 65.2 Å². The number of carbonyl (C=O) groups is 2. The van der Waals surface area contributed by atoms with Gasteiger partial charge in [0.2, 0.25) is 0 Å². The minimum absolute atomic E-state index is 0.0362. The third-order valence-electron chi connectivity index (χ3n) is 3.91. The van der Waals surface area contributed by atoms with Crippen molar-refractivity contribution in [3.8, 4) is 5.75 Å². The zero-order chi connectivity index (χ0) is 20.6. The van der Waals surface area contributed by atoms with Crippen LogP contribution in [0.4, 0.5) is 13.2 Å². The minimum atomic E-state index is -4.39. The van der Waals surface area contributed by atoms with Crippen molar-refractivity contribution in [2.75, 3.05) is 13.2 Å². The van der Waals surface area contributed by atoms with Gasteiger partial charge in [-0.15, -0.1) is 0 Å². The van der Waals surface area contributed by atoms with Crippen molar-refractivity contribution in [2.24, 2.45) is 0 Å². The van der Waals surface area contributed by atoms with Crippen LogP contribution in [-0.4, -0.2) is 30.1 Å². The van der Waals surface area contributed by atoms with Gasteiger partial charge in [-0.05, 0) is 42.2 Å². The summed E-state index contributed by atoms with van der Waals surface area (Å²) >= 11 is 0. The average molecular weight is 395 g/mol. The highest BCUT2D eigenvalue weighted by Crippen LogP contribution is 2.29. The van der Waals surface area contributed by atoms with Crippen molar-refractivity contribution < 1.29 is 32.6 Å². The molecule has 150 valence electrons. The monoisotopic (exact) mass is 395 g/mol. The molecule has 0 spiro atoms. The molecule has 1 amide bonds. The topological polar surface area (TPSA) is 75.6 Å². The first-order valence-corrected chi connectivity index (χ1v) is 8.60. The maximum Gasteiger partial charge on any atom is 0.416 e. The molecule has 0 bridgehead atoms. The third kappa shape index (κ3) is 7.30. The van der Waals surface area contributed by atoms with Gasteiger partial charge in [-0.3, -0.25) is 9.59 Å². The second-order valence-electron chi connectivity index (χ2n) is 6.12. The fourth-order valence-electron chi connectivity index (χ4n) is 2.45. The number of alkyl halides is 3. The van der Waals surface area contributed by atoms with Gasteiger partial charge in [-0.1, -0.05) is 30.3 Å². The maximum absolute atomic E-state index is 12.7. The standard InChI is InChI=1S/C20H20F3NO4/c21-20(22,23)16-3-1-2-15(12-16)10-11-24-18(25)13-28-17-7-4-14(5-8-17)6-9-19(26)27/h1-5,7-8,12H,6,9-11,13H2,(H,24,25)(H,26,27). The zero-order valence-electron chi connectivity index (χ0n) is 15.0. The fourth-order valence-corrected chi connectivity index (χ4v) is 2.45. The molecule has 0 atom stereocenters. The molecule has 2 aromatic rings. The van der Waals surface area contributed by atoms with Crippen molar-refractivity contribution in [1.82, 2.24) is 5.32 Å². The normalized spacial score (nSPS) is 11.1. The highest BCUT2D eigenvalue weighted by atomic mass is 19.4. The van der Waals surface area contributed by atoms with E-state index in [1.807, 2.05) is 0 Å². The lowest BCUT2D eigenvalue weighted by atomic mass is 10.1. The summed E-state index contributed by atoms with van der Waals surface area (Å²) in [6.45, 7) is -0.0330. The predicted octanol–water partition coefficient (Wildman–Crippen LogP) is 3.46. The number of benzene rings is 2. The van der Waals surface area contributed by atoms with Crippen LogP contribution in [0.1, 0.15) is 23.1 Å². The van der Waals surface area contributed by atoms with E-state index in [1.54, 1.807) is 30.3 Å². The summed E-state index contributed by atoms with van der Waals surface area (Å²) in [6.07, 6.45) is -3.68. The summed E-state index contributed by atoms with van der Waals surface area (Å²) in [5.74, 6) is -0.795. The summed E-state index contributed by atoms with van der Waals surface area (Å²) in [5, 5.41) is 11.2. The Labute approximate surface area is 160 Å². The van der Waals surface area contributed by atoms with E-state index in [-0.39, 0.29) is 31.9 Å². The number of carbonyl (C=O) groups excluding carboxylic acids is 1. The molecule has 2 aromatic carbocycles. The number of rotatable bonds is 9. The van der Waals surface area contributed by atoms with E-state index >= 15 is 0 Å². The lowest BCUT2D eigenvalue weighted by Crippen LogP contribution is -2.30. The molecule has 2 N–H and O–H groups in total. The molecule has 0 aliphatic carbocycles. The molecule has 2 rings (SSSR count). The molecule has 8 heteroatoms. The molecule has 0 fully saturated rings. The van der Waals surface area contributed by atoms with Crippen LogP contribution in [0.3, 0.4) is 0 Å². The fraction of sp³-hybridized carbons (Fsp3) is 0.300. The Bertz CT molecular complexity index is 804. The van der Waals surface area contributed by atoms with Gasteiger partial charge in [0.15, 0.2) is 6.61 Å². The Morgan fingerprint density at radius 2 is 1.71 bits per heavy atom.